The third-order valence-corrected chi connectivity index (χ3v) is 4.06. The Morgan fingerprint density at radius 2 is 2.20 bits per heavy atom. The molecule has 0 radical (unpaired) electrons. The van der Waals surface area contributed by atoms with Crippen LogP contribution in [0.5, 0.6) is 0 Å². The molecule has 0 saturated carbocycles. The molecule has 1 aromatic carbocycles. The van der Waals surface area contributed by atoms with Crippen LogP contribution in [0.15, 0.2) is 12.1 Å². The van der Waals surface area contributed by atoms with E-state index in [0.717, 1.165) is 55.7 Å². The SMILES string of the molecule is CCCNC(CC1CCOC1)c1c(C)cc(C)cc1F. The van der Waals surface area contributed by atoms with Gasteiger partial charge in [0, 0.05) is 24.8 Å². The number of halogens is 1. The van der Waals surface area contributed by atoms with Gasteiger partial charge in [-0.1, -0.05) is 13.0 Å². The van der Waals surface area contributed by atoms with E-state index in [0.29, 0.717) is 5.92 Å². The first-order chi connectivity index (χ1) is 9.61. The van der Waals surface area contributed by atoms with Crippen LogP contribution < -0.4 is 5.32 Å². The number of benzene rings is 1. The van der Waals surface area contributed by atoms with Gasteiger partial charge >= 0.3 is 0 Å². The monoisotopic (exact) mass is 279 g/mol. The van der Waals surface area contributed by atoms with Crippen LogP contribution in [-0.4, -0.2) is 19.8 Å². The van der Waals surface area contributed by atoms with Gasteiger partial charge in [0.2, 0.25) is 0 Å². The Labute approximate surface area is 121 Å². The lowest BCUT2D eigenvalue weighted by Crippen LogP contribution is -2.26. The fourth-order valence-electron chi connectivity index (χ4n) is 3.09. The van der Waals surface area contributed by atoms with E-state index >= 15 is 0 Å². The summed E-state index contributed by atoms with van der Waals surface area (Å²) in [5.41, 5.74) is 2.88. The summed E-state index contributed by atoms with van der Waals surface area (Å²) in [6.07, 6.45) is 3.11. The highest BCUT2D eigenvalue weighted by Crippen LogP contribution is 2.30. The molecule has 1 saturated heterocycles. The highest BCUT2D eigenvalue weighted by molar-refractivity contribution is 5.34. The van der Waals surface area contributed by atoms with Crippen LogP contribution in [-0.2, 0) is 4.74 Å². The first-order valence-electron chi connectivity index (χ1n) is 7.69. The van der Waals surface area contributed by atoms with E-state index in [1.807, 2.05) is 13.8 Å². The quantitative estimate of drug-likeness (QED) is 0.852. The molecule has 20 heavy (non-hydrogen) atoms. The van der Waals surface area contributed by atoms with Crippen LogP contribution in [0.4, 0.5) is 4.39 Å². The molecule has 0 aliphatic carbocycles. The standard InChI is InChI=1S/C17H26FNO/c1-4-6-19-16(10-14-5-7-20-11-14)17-13(3)8-12(2)9-15(17)18/h8-9,14,16,19H,4-7,10-11H2,1-3H3. The summed E-state index contributed by atoms with van der Waals surface area (Å²) in [4.78, 5) is 0. The van der Waals surface area contributed by atoms with Crippen LogP contribution in [0, 0.1) is 25.6 Å². The number of hydrogen-bond acceptors (Lipinski definition) is 2. The van der Waals surface area contributed by atoms with Crippen molar-refractivity contribution in [2.75, 3.05) is 19.8 Å². The molecule has 2 atom stereocenters. The maximum Gasteiger partial charge on any atom is 0.128 e. The Bertz CT molecular complexity index is 418. The van der Waals surface area contributed by atoms with Gasteiger partial charge in [0.15, 0.2) is 0 Å². The molecule has 2 nitrogen and oxygen atoms in total. The summed E-state index contributed by atoms with van der Waals surface area (Å²) in [6.45, 7) is 8.68. The molecule has 1 fully saturated rings. The Balaban J connectivity index is 2.20. The molecule has 1 N–H and O–H groups in total. The first kappa shape index (κ1) is 15.5. The second kappa shape index (κ2) is 7.19. The normalized spacial score (nSPS) is 20.3. The second-order valence-electron chi connectivity index (χ2n) is 5.95. The minimum atomic E-state index is -0.0741. The van der Waals surface area contributed by atoms with Crippen LogP contribution in [0.25, 0.3) is 0 Å². The Kier molecular flexibility index (Phi) is 5.55. The van der Waals surface area contributed by atoms with Gasteiger partial charge in [-0.15, -0.1) is 0 Å². The van der Waals surface area contributed by atoms with Crippen LogP contribution in [0.1, 0.15) is 48.9 Å². The number of ether oxygens (including phenoxy) is 1. The summed E-state index contributed by atoms with van der Waals surface area (Å²) in [7, 11) is 0. The fraction of sp³-hybridized carbons (Fsp3) is 0.647. The Hall–Kier alpha value is -0.930. The van der Waals surface area contributed by atoms with Crippen molar-refractivity contribution in [2.45, 2.75) is 46.1 Å². The number of aryl methyl sites for hydroxylation is 2. The van der Waals surface area contributed by atoms with E-state index in [4.69, 9.17) is 4.74 Å². The van der Waals surface area contributed by atoms with E-state index in [1.165, 1.54) is 0 Å². The molecule has 1 heterocycles. The van der Waals surface area contributed by atoms with Crippen LogP contribution in [0.2, 0.25) is 0 Å². The predicted octanol–water partition coefficient (Wildman–Crippen LogP) is 3.91. The smallest absolute Gasteiger partial charge is 0.128 e. The van der Waals surface area contributed by atoms with Crippen molar-refractivity contribution in [3.8, 4) is 0 Å². The molecular weight excluding hydrogens is 253 g/mol. The average molecular weight is 279 g/mol. The number of hydrogen-bond donors (Lipinski definition) is 1. The third kappa shape index (κ3) is 3.80. The zero-order valence-corrected chi connectivity index (χ0v) is 12.8. The van der Waals surface area contributed by atoms with E-state index in [2.05, 4.69) is 18.3 Å². The van der Waals surface area contributed by atoms with Crippen LogP contribution in [0.3, 0.4) is 0 Å². The lowest BCUT2D eigenvalue weighted by atomic mass is 9.90. The molecule has 2 unspecified atom stereocenters. The topological polar surface area (TPSA) is 21.3 Å². The molecule has 2 rings (SSSR count). The molecule has 1 aromatic rings. The van der Waals surface area contributed by atoms with E-state index in [1.54, 1.807) is 6.07 Å². The second-order valence-corrected chi connectivity index (χ2v) is 5.95. The largest absolute Gasteiger partial charge is 0.381 e. The van der Waals surface area contributed by atoms with Gasteiger partial charge in [0.05, 0.1) is 0 Å². The van der Waals surface area contributed by atoms with E-state index in [-0.39, 0.29) is 11.9 Å². The zero-order valence-electron chi connectivity index (χ0n) is 12.8. The zero-order chi connectivity index (χ0) is 14.5. The van der Waals surface area contributed by atoms with Gasteiger partial charge in [-0.2, -0.15) is 0 Å². The van der Waals surface area contributed by atoms with Gasteiger partial charge < -0.3 is 10.1 Å². The highest BCUT2D eigenvalue weighted by atomic mass is 19.1. The van der Waals surface area contributed by atoms with Gasteiger partial charge in [0.25, 0.3) is 0 Å². The number of rotatable bonds is 6. The minimum absolute atomic E-state index is 0.0741. The lowest BCUT2D eigenvalue weighted by Gasteiger charge is -2.24. The Morgan fingerprint density at radius 3 is 2.80 bits per heavy atom. The van der Waals surface area contributed by atoms with Crippen molar-refractivity contribution in [2.24, 2.45) is 5.92 Å². The Morgan fingerprint density at radius 1 is 1.40 bits per heavy atom. The molecule has 1 aliphatic rings. The molecule has 0 aromatic heterocycles. The van der Waals surface area contributed by atoms with E-state index in [9.17, 15) is 4.39 Å². The van der Waals surface area contributed by atoms with Crippen molar-refractivity contribution >= 4 is 0 Å². The van der Waals surface area contributed by atoms with Gasteiger partial charge in [-0.05, 0) is 62.8 Å². The highest BCUT2D eigenvalue weighted by Gasteiger charge is 2.24. The predicted molar refractivity (Wildman–Crippen MR) is 80.5 cm³/mol. The molecule has 112 valence electrons. The van der Waals surface area contributed by atoms with Crippen LogP contribution >= 0.6 is 0 Å². The van der Waals surface area contributed by atoms with Crippen molar-refractivity contribution in [3.63, 3.8) is 0 Å². The first-order valence-corrected chi connectivity index (χ1v) is 7.69. The van der Waals surface area contributed by atoms with Crippen molar-refractivity contribution in [1.29, 1.82) is 0 Å². The summed E-state index contributed by atoms with van der Waals surface area (Å²) in [5, 5.41) is 3.52. The van der Waals surface area contributed by atoms with Gasteiger partial charge in [0.1, 0.15) is 5.82 Å². The maximum atomic E-state index is 14.4. The molecule has 3 heteroatoms. The average Bonchev–Trinajstić information content (AvgIpc) is 2.87. The van der Waals surface area contributed by atoms with Crippen molar-refractivity contribution < 1.29 is 9.13 Å². The van der Waals surface area contributed by atoms with Gasteiger partial charge in [-0.25, -0.2) is 4.39 Å². The van der Waals surface area contributed by atoms with Crippen molar-refractivity contribution in [1.82, 2.24) is 5.32 Å². The molecule has 0 spiro atoms. The molecule has 0 bridgehead atoms. The summed E-state index contributed by atoms with van der Waals surface area (Å²) in [5.74, 6) is 0.472. The van der Waals surface area contributed by atoms with Crippen molar-refractivity contribution in [3.05, 3.63) is 34.6 Å². The molecule has 0 amide bonds. The fourth-order valence-corrected chi connectivity index (χ4v) is 3.09. The summed E-state index contributed by atoms with van der Waals surface area (Å²) < 4.78 is 19.8. The van der Waals surface area contributed by atoms with Gasteiger partial charge in [-0.3, -0.25) is 0 Å². The third-order valence-electron chi connectivity index (χ3n) is 4.06. The number of nitrogens with one attached hydrogen (secondary N) is 1. The summed E-state index contributed by atoms with van der Waals surface area (Å²) in [6, 6.07) is 3.82. The lowest BCUT2D eigenvalue weighted by molar-refractivity contribution is 0.181. The maximum absolute atomic E-state index is 14.4. The summed E-state index contributed by atoms with van der Waals surface area (Å²) >= 11 is 0. The molecular formula is C17H26FNO. The van der Waals surface area contributed by atoms with E-state index < -0.39 is 0 Å². The minimum Gasteiger partial charge on any atom is -0.381 e. The molecule has 1 aliphatic heterocycles.